The zero-order valence-corrected chi connectivity index (χ0v) is 19.6. The van der Waals surface area contributed by atoms with Gasteiger partial charge >= 0.3 is 0 Å². The van der Waals surface area contributed by atoms with E-state index in [1.165, 1.54) is 12.1 Å². The summed E-state index contributed by atoms with van der Waals surface area (Å²) in [6, 6.07) is 29.0. The fourth-order valence-electron chi connectivity index (χ4n) is 3.89. The van der Waals surface area contributed by atoms with Gasteiger partial charge in [0, 0.05) is 30.2 Å². The summed E-state index contributed by atoms with van der Waals surface area (Å²) in [5.41, 5.74) is 4.94. The van der Waals surface area contributed by atoms with Gasteiger partial charge in [-0.15, -0.1) is 0 Å². The first-order valence-electron chi connectivity index (χ1n) is 11.5. The number of hydrogen-bond acceptors (Lipinski definition) is 5. The van der Waals surface area contributed by atoms with E-state index in [0.717, 1.165) is 33.4 Å². The molecule has 0 aliphatic rings. The van der Waals surface area contributed by atoms with Crippen LogP contribution in [0.1, 0.15) is 15.9 Å². The van der Waals surface area contributed by atoms with Gasteiger partial charge in [-0.25, -0.2) is 9.37 Å². The summed E-state index contributed by atoms with van der Waals surface area (Å²) < 4.78 is 13.1. The van der Waals surface area contributed by atoms with Crippen molar-refractivity contribution >= 4 is 34.3 Å². The van der Waals surface area contributed by atoms with E-state index in [2.05, 4.69) is 25.9 Å². The van der Waals surface area contributed by atoms with Crippen LogP contribution in [0.25, 0.3) is 22.0 Å². The van der Waals surface area contributed by atoms with Gasteiger partial charge in [-0.3, -0.25) is 4.79 Å². The molecule has 0 spiro atoms. The minimum Gasteiger partial charge on any atom is -0.372 e. The van der Waals surface area contributed by atoms with Crippen LogP contribution in [0, 0.1) is 5.82 Å². The van der Waals surface area contributed by atoms with Gasteiger partial charge in [-0.2, -0.15) is 4.98 Å². The molecule has 0 atom stereocenters. The Morgan fingerprint density at radius 1 is 0.806 bits per heavy atom. The van der Waals surface area contributed by atoms with E-state index in [1.807, 2.05) is 67.7 Å². The molecule has 1 heterocycles. The van der Waals surface area contributed by atoms with Crippen molar-refractivity contribution in [2.45, 2.75) is 6.54 Å². The van der Waals surface area contributed by atoms with Crippen LogP contribution in [0.15, 0.2) is 97.1 Å². The number of rotatable bonds is 7. The second-order valence-electron chi connectivity index (χ2n) is 8.25. The van der Waals surface area contributed by atoms with Crippen molar-refractivity contribution in [2.24, 2.45) is 0 Å². The zero-order valence-electron chi connectivity index (χ0n) is 19.6. The van der Waals surface area contributed by atoms with E-state index >= 15 is 0 Å². The molecule has 7 heteroatoms. The molecule has 5 aromatic rings. The molecular formula is C29H24FN5O. The molecule has 0 aliphatic carbocycles. The van der Waals surface area contributed by atoms with Gasteiger partial charge in [0.2, 0.25) is 5.95 Å². The highest BCUT2D eigenvalue weighted by atomic mass is 19.1. The standard InChI is InChI=1S/C29H24FN5O/c1-31-27-25-4-2-3-5-26(25)34-29(35-27)32-18-19-6-16-24(17-7-19)33-28(36)22-10-8-20(9-11-22)21-12-14-23(30)15-13-21/h2-17H,18H2,1H3,(H,33,36)(H2,31,32,34,35). The Labute approximate surface area is 208 Å². The number of halogens is 1. The van der Waals surface area contributed by atoms with Gasteiger partial charge < -0.3 is 16.0 Å². The summed E-state index contributed by atoms with van der Waals surface area (Å²) in [7, 11) is 1.84. The van der Waals surface area contributed by atoms with Gasteiger partial charge in [0.05, 0.1) is 5.52 Å². The van der Waals surface area contributed by atoms with Crippen molar-refractivity contribution in [3.63, 3.8) is 0 Å². The lowest BCUT2D eigenvalue weighted by atomic mass is 10.0. The average molecular weight is 478 g/mol. The molecule has 6 nitrogen and oxygen atoms in total. The fourth-order valence-corrected chi connectivity index (χ4v) is 3.89. The molecule has 0 fully saturated rings. The number of benzene rings is 4. The summed E-state index contributed by atoms with van der Waals surface area (Å²) in [6.45, 7) is 0.542. The normalized spacial score (nSPS) is 10.7. The molecular weight excluding hydrogens is 453 g/mol. The third-order valence-electron chi connectivity index (χ3n) is 5.83. The van der Waals surface area contributed by atoms with Gasteiger partial charge in [0.15, 0.2) is 0 Å². The first-order valence-corrected chi connectivity index (χ1v) is 11.5. The highest BCUT2D eigenvalue weighted by Crippen LogP contribution is 2.23. The van der Waals surface area contributed by atoms with Crippen LogP contribution < -0.4 is 16.0 Å². The largest absolute Gasteiger partial charge is 0.372 e. The van der Waals surface area contributed by atoms with Gasteiger partial charge in [0.25, 0.3) is 5.91 Å². The molecule has 1 aromatic heterocycles. The first-order chi connectivity index (χ1) is 17.6. The topological polar surface area (TPSA) is 78.9 Å². The SMILES string of the molecule is CNc1nc(NCc2ccc(NC(=O)c3ccc(-c4ccc(F)cc4)cc3)cc2)nc2ccccc12. The lowest BCUT2D eigenvalue weighted by Gasteiger charge is -2.10. The van der Waals surface area contributed by atoms with Crippen molar-refractivity contribution in [3.8, 4) is 11.1 Å². The van der Waals surface area contributed by atoms with Gasteiger partial charge in [0.1, 0.15) is 11.6 Å². The predicted molar refractivity (Wildman–Crippen MR) is 143 cm³/mol. The van der Waals surface area contributed by atoms with E-state index in [1.54, 1.807) is 24.3 Å². The third kappa shape index (κ3) is 5.15. The van der Waals surface area contributed by atoms with E-state index in [4.69, 9.17) is 0 Å². The maximum Gasteiger partial charge on any atom is 0.255 e. The van der Waals surface area contributed by atoms with E-state index in [-0.39, 0.29) is 11.7 Å². The van der Waals surface area contributed by atoms with Crippen molar-refractivity contribution in [1.82, 2.24) is 9.97 Å². The molecule has 0 radical (unpaired) electrons. The average Bonchev–Trinajstić information content (AvgIpc) is 2.92. The van der Waals surface area contributed by atoms with Gasteiger partial charge in [-0.05, 0) is 65.2 Å². The minimum absolute atomic E-state index is 0.198. The summed E-state index contributed by atoms with van der Waals surface area (Å²) in [5.74, 6) is 0.837. The molecule has 36 heavy (non-hydrogen) atoms. The van der Waals surface area contributed by atoms with Crippen molar-refractivity contribution < 1.29 is 9.18 Å². The number of aromatic nitrogens is 2. The number of hydrogen-bond donors (Lipinski definition) is 3. The second-order valence-corrected chi connectivity index (χ2v) is 8.25. The highest BCUT2D eigenvalue weighted by molar-refractivity contribution is 6.04. The number of nitrogens with zero attached hydrogens (tertiary/aromatic N) is 2. The monoisotopic (exact) mass is 477 g/mol. The number of amides is 1. The quantitative estimate of drug-likeness (QED) is 0.255. The number of carbonyl (C=O) groups excluding carboxylic acids is 1. The van der Waals surface area contributed by atoms with E-state index in [0.29, 0.717) is 23.7 Å². The Morgan fingerprint density at radius 3 is 2.17 bits per heavy atom. The van der Waals surface area contributed by atoms with Crippen LogP contribution in [-0.2, 0) is 6.54 Å². The van der Waals surface area contributed by atoms with Gasteiger partial charge in [-0.1, -0.05) is 48.5 Å². The molecule has 0 aliphatic heterocycles. The second kappa shape index (κ2) is 10.2. The zero-order chi connectivity index (χ0) is 24.9. The summed E-state index contributed by atoms with van der Waals surface area (Å²) in [6.07, 6.45) is 0. The van der Waals surface area contributed by atoms with Crippen LogP contribution in [0.5, 0.6) is 0 Å². The Bertz CT molecular complexity index is 1500. The Balaban J connectivity index is 1.20. The van der Waals surface area contributed by atoms with Crippen molar-refractivity contribution in [3.05, 3.63) is 114 Å². The Kier molecular flexibility index (Phi) is 6.53. The molecule has 4 aromatic carbocycles. The fraction of sp³-hybridized carbons (Fsp3) is 0.0690. The number of para-hydroxylation sites is 1. The molecule has 0 bridgehead atoms. The summed E-state index contributed by atoms with van der Waals surface area (Å²) in [5, 5.41) is 10.3. The van der Waals surface area contributed by atoms with E-state index in [9.17, 15) is 9.18 Å². The number of carbonyl (C=O) groups is 1. The maximum absolute atomic E-state index is 13.1. The number of anilines is 3. The molecule has 178 valence electrons. The smallest absolute Gasteiger partial charge is 0.255 e. The highest BCUT2D eigenvalue weighted by Gasteiger charge is 2.08. The maximum atomic E-state index is 13.1. The number of nitrogens with one attached hydrogen (secondary N) is 3. The molecule has 1 amide bonds. The van der Waals surface area contributed by atoms with Crippen LogP contribution >= 0.6 is 0 Å². The molecule has 5 rings (SSSR count). The van der Waals surface area contributed by atoms with Crippen LogP contribution in [0.4, 0.5) is 21.8 Å². The lowest BCUT2D eigenvalue weighted by Crippen LogP contribution is -2.12. The minimum atomic E-state index is -0.276. The molecule has 0 unspecified atom stereocenters. The third-order valence-corrected chi connectivity index (χ3v) is 5.83. The summed E-state index contributed by atoms with van der Waals surface area (Å²) in [4.78, 5) is 21.8. The van der Waals surface area contributed by atoms with E-state index < -0.39 is 0 Å². The van der Waals surface area contributed by atoms with Crippen LogP contribution in [-0.4, -0.2) is 22.9 Å². The number of fused-ring (bicyclic) bond motifs is 1. The Hall–Kier alpha value is -4.78. The first kappa shape index (κ1) is 23.0. The van der Waals surface area contributed by atoms with Crippen LogP contribution in [0.3, 0.4) is 0 Å². The lowest BCUT2D eigenvalue weighted by molar-refractivity contribution is 0.102. The molecule has 0 saturated carbocycles. The van der Waals surface area contributed by atoms with Crippen molar-refractivity contribution in [2.75, 3.05) is 23.0 Å². The molecule has 3 N–H and O–H groups in total. The Morgan fingerprint density at radius 2 is 1.47 bits per heavy atom. The molecule has 0 saturated heterocycles. The summed E-state index contributed by atoms with van der Waals surface area (Å²) >= 11 is 0. The predicted octanol–water partition coefficient (Wildman–Crippen LogP) is 6.34. The van der Waals surface area contributed by atoms with Crippen molar-refractivity contribution in [1.29, 1.82) is 0 Å². The van der Waals surface area contributed by atoms with Crippen LogP contribution in [0.2, 0.25) is 0 Å².